The van der Waals surface area contributed by atoms with Crippen molar-refractivity contribution in [2.24, 2.45) is 5.73 Å². The summed E-state index contributed by atoms with van der Waals surface area (Å²) in [6, 6.07) is 1.42. The van der Waals surface area contributed by atoms with E-state index in [1.807, 2.05) is 0 Å². The number of hydrogen-bond acceptors (Lipinski definition) is 3. The molecule has 2 rings (SSSR count). The van der Waals surface area contributed by atoms with E-state index in [-0.39, 0.29) is 5.54 Å². The number of rotatable bonds is 3. The highest BCUT2D eigenvalue weighted by Crippen LogP contribution is 2.34. The van der Waals surface area contributed by atoms with Gasteiger partial charge in [-0.25, -0.2) is 0 Å². The third-order valence-electron chi connectivity index (χ3n) is 5.86. The third-order valence-corrected chi connectivity index (χ3v) is 5.86. The van der Waals surface area contributed by atoms with Crippen LogP contribution < -0.4 is 5.73 Å². The van der Waals surface area contributed by atoms with Gasteiger partial charge in [-0.3, -0.25) is 4.90 Å². The van der Waals surface area contributed by atoms with E-state index in [9.17, 15) is 0 Å². The maximum absolute atomic E-state index is 6.23. The molecule has 19 heavy (non-hydrogen) atoms. The molecular weight excluding hydrogens is 234 g/mol. The maximum atomic E-state index is 6.23. The Labute approximate surface area is 119 Å². The van der Waals surface area contributed by atoms with Gasteiger partial charge in [-0.1, -0.05) is 25.7 Å². The van der Waals surface area contributed by atoms with Gasteiger partial charge in [0, 0.05) is 24.2 Å². The molecule has 0 amide bonds. The summed E-state index contributed by atoms with van der Waals surface area (Å²) in [5.74, 6) is 0. The summed E-state index contributed by atoms with van der Waals surface area (Å²) >= 11 is 0. The van der Waals surface area contributed by atoms with Crippen molar-refractivity contribution in [3.63, 3.8) is 0 Å². The van der Waals surface area contributed by atoms with E-state index in [0.717, 1.165) is 12.6 Å². The smallest absolute Gasteiger partial charge is 0.0358 e. The van der Waals surface area contributed by atoms with Crippen LogP contribution in [0.4, 0.5) is 0 Å². The Kier molecular flexibility index (Phi) is 5.27. The van der Waals surface area contributed by atoms with Crippen LogP contribution in [0.5, 0.6) is 0 Å². The molecule has 3 heteroatoms. The van der Waals surface area contributed by atoms with Gasteiger partial charge < -0.3 is 10.6 Å². The van der Waals surface area contributed by atoms with Gasteiger partial charge in [0.15, 0.2) is 0 Å². The molecule has 0 aromatic heterocycles. The van der Waals surface area contributed by atoms with Crippen molar-refractivity contribution in [1.82, 2.24) is 9.80 Å². The molecular formula is C16H33N3. The molecule has 2 unspecified atom stereocenters. The minimum atomic E-state index is 0.251. The summed E-state index contributed by atoms with van der Waals surface area (Å²) < 4.78 is 0. The van der Waals surface area contributed by atoms with E-state index in [0.29, 0.717) is 6.04 Å². The average molecular weight is 267 g/mol. The van der Waals surface area contributed by atoms with E-state index in [4.69, 9.17) is 5.73 Å². The molecule has 2 atom stereocenters. The summed E-state index contributed by atoms with van der Waals surface area (Å²) in [6.07, 6.45) is 10.9. The molecule has 112 valence electrons. The molecule has 1 aliphatic heterocycles. The summed E-state index contributed by atoms with van der Waals surface area (Å²) in [7, 11) is 4.59. The van der Waals surface area contributed by atoms with Gasteiger partial charge in [0.25, 0.3) is 0 Å². The Morgan fingerprint density at radius 1 is 1.21 bits per heavy atom. The van der Waals surface area contributed by atoms with Gasteiger partial charge in [-0.05, 0) is 53.2 Å². The summed E-state index contributed by atoms with van der Waals surface area (Å²) in [6.45, 7) is 4.36. The van der Waals surface area contributed by atoms with Crippen molar-refractivity contribution < 1.29 is 0 Å². The zero-order valence-electron chi connectivity index (χ0n) is 13.2. The maximum Gasteiger partial charge on any atom is 0.0358 e. The lowest BCUT2D eigenvalue weighted by Gasteiger charge is -2.51. The Morgan fingerprint density at radius 3 is 2.37 bits per heavy atom. The number of hydrogen-bond donors (Lipinski definition) is 1. The lowest BCUT2D eigenvalue weighted by molar-refractivity contribution is -0.00255. The van der Waals surface area contributed by atoms with E-state index in [2.05, 4.69) is 30.8 Å². The fourth-order valence-corrected chi connectivity index (χ4v) is 4.09. The quantitative estimate of drug-likeness (QED) is 0.797. The second kappa shape index (κ2) is 6.55. The zero-order chi connectivity index (χ0) is 13.9. The van der Waals surface area contributed by atoms with Crippen LogP contribution in [0.25, 0.3) is 0 Å². The largest absolute Gasteiger partial charge is 0.329 e. The van der Waals surface area contributed by atoms with Crippen molar-refractivity contribution in [3.05, 3.63) is 0 Å². The molecule has 3 nitrogen and oxygen atoms in total. The van der Waals surface area contributed by atoms with Crippen molar-refractivity contribution in [2.75, 3.05) is 27.2 Å². The number of nitrogens with two attached hydrogens (primary N) is 1. The SMILES string of the molecule is CC1CC(CN)(N(C)C2CCCCCC2)CCN1C. The lowest BCUT2D eigenvalue weighted by Crippen LogP contribution is -2.62. The minimum absolute atomic E-state index is 0.251. The Hall–Kier alpha value is -0.120. The Bertz CT molecular complexity index is 273. The lowest BCUT2D eigenvalue weighted by atomic mass is 9.81. The van der Waals surface area contributed by atoms with Crippen LogP contribution in [0.1, 0.15) is 58.3 Å². The van der Waals surface area contributed by atoms with Crippen LogP contribution in [0.2, 0.25) is 0 Å². The molecule has 2 N–H and O–H groups in total. The highest BCUT2D eigenvalue weighted by Gasteiger charge is 2.41. The van der Waals surface area contributed by atoms with Crippen molar-refractivity contribution in [2.45, 2.75) is 75.9 Å². The van der Waals surface area contributed by atoms with Crippen LogP contribution in [-0.4, -0.2) is 54.6 Å². The molecule has 2 fully saturated rings. The van der Waals surface area contributed by atoms with Gasteiger partial charge in [-0.15, -0.1) is 0 Å². The van der Waals surface area contributed by atoms with Crippen molar-refractivity contribution in [3.8, 4) is 0 Å². The van der Waals surface area contributed by atoms with Gasteiger partial charge in [0.2, 0.25) is 0 Å². The van der Waals surface area contributed by atoms with E-state index in [1.165, 1.54) is 57.9 Å². The fraction of sp³-hybridized carbons (Fsp3) is 1.00. The van der Waals surface area contributed by atoms with Crippen LogP contribution in [0.15, 0.2) is 0 Å². The van der Waals surface area contributed by atoms with Gasteiger partial charge in [0.05, 0.1) is 0 Å². The van der Waals surface area contributed by atoms with Gasteiger partial charge >= 0.3 is 0 Å². The molecule has 0 radical (unpaired) electrons. The number of likely N-dealkylation sites (N-methyl/N-ethyl adjacent to an activating group) is 1. The third kappa shape index (κ3) is 3.32. The molecule has 1 heterocycles. The van der Waals surface area contributed by atoms with Crippen molar-refractivity contribution in [1.29, 1.82) is 0 Å². The summed E-state index contributed by atoms with van der Waals surface area (Å²) in [4.78, 5) is 5.16. The first kappa shape index (κ1) is 15.3. The first-order valence-corrected chi connectivity index (χ1v) is 8.22. The van der Waals surface area contributed by atoms with Crippen LogP contribution >= 0.6 is 0 Å². The standard InChI is InChI=1S/C16H33N3/c1-14-12-16(13-17,10-11-18(14)2)19(3)15-8-6-4-5-7-9-15/h14-15H,4-13,17H2,1-3H3. The van der Waals surface area contributed by atoms with Gasteiger partial charge in [0.1, 0.15) is 0 Å². The predicted molar refractivity (Wildman–Crippen MR) is 82.4 cm³/mol. The molecule has 0 aromatic carbocycles. The van der Waals surface area contributed by atoms with Gasteiger partial charge in [-0.2, -0.15) is 0 Å². The van der Waals surface area contributed by atoms with Crippen LogP contribution in [-0.2, 0) is 0 Å². The Morgan fingerprint density at radius 2 is 1.84 bits per heavy atom. The summed E-state index contributed by atoms with van der Waals surface area (Å²) in [5, 5.41) is 0. The van der Waals surface area contributed by atoms with E-state index >= 15 is 0 Å². The molecule has 1 saturated carbocycles. The monoisotopic (exact) mass is 267 g/mol. The first-order valence-electron chi connectivity index (χ1n) is 8.22. The molecule has 2 aliphatic rings. The summed E-state index contributed by atoms with van der Waals surface area (Å²) in [5.41, 5.74) is 6.48. The molecule has 0 bridgehead atoms. The second-order valence-electron chi connectivity index (χ2n) is 6.97. The highest BCUT2D eigenvalue weighted by atomic mass is 15.3. The second-order valence-corrected chi connectivity index (χ2v) is 6.97. The number of likely N-dealkylation sites (tertiary alicyclic amines) is 1. The first-order chi connectivity index (χ1) is 9.09. The molecule has 0 spiro atoms. The molecule has 0 aromatic rings. The highest BCUT2D eigenvalue weighted by molar-refractivity contribution is 4.99. The van der Waals surface area contributed by atoms with E-state index < -0.39 is 0 Å². The molecule has 1 saturated heterocycles. The average Bonchev–Trinajstić information content (AvgIpc) is 2.70. The van der Waals surface area contributed by atoms with E-state index in [1.54, 1.807) is 0 Å². The zero-order valence-corrected chi connectivity index (χ0v) is 13.2. The Balaban J connectivity index is 2.06. The topological polar surface area (TPSA) is 32.5 Å². The van der Waals surface area contributed by atoms with Crippen LogP contribution in [0.3, 0.4) is 0 Å². The number of piperidine rings is 1. The predicted octanol–water partition coefficient (Wildman–Crippen LogP) is 2.45. The number of nitrogens with zero attached hydrogens (tertiary/aromatic N) is 2. The van der Waals surface area contributed by atoms with Crippen LogP contribution in [0, 0.1) is 0 Å². The minimum Gasteiger partial charge on any atom is -0.329 e. The fourth-order valence-electron chi connectivity index (χ4n) is 4.09. The normalized spacial score (nSPS) is 35.5. The molecule has 1 aliphatic carbocycles. The van der Waals surface area contributed by atoms with Crippen molar-refractivity contribution >= 4 is 0 Å².